The molecule has 0 fully saturated rings. The number of aromatic nitrogens is 3. The van der Waals surface area contributed by atoms with Crippen molar-refractivity contribution in [3.8, 4) is 0 Å². The zero-order valence-corrected chi connectivity index (χ0v) is 18.3. The Balaban J connectivity index is 1.25. The summed E-state index contributed by atoms with van der Waals surface area (Å²) < 4.78 is 1.32. The van der Waals surface area contributed by atoms with Crippen molar-refractivity contribution in [1.29, 1.82) is 0 Å². The van der Waals surface area contributed by atoms with Crippen molar-refractivity contribution in [2.45, 2.75) is 32.1 Å². The third-order valence-corrected chi connectivity index (χ3v) is 6.44. The molecule has 0 unspecified atom stereocenters. The van der Waals surface area contributed by atoms with Crippen LogP contribution in [0.4, 0.5) is 10.8 Å². The quantitative estimate of drug-likeness (QED) is 0.421. The highest BCUT2D eigenvalue weighted by Crippen LogP contribution is 2.23. The average molecular weight is 446 g/mol. The van der Waals surface area contributed by atoms with Gasteiger partial charge in [0.05, 0.1) is 10.9 Å². The van der Waals surface area contributed by atoms with E-state index < -0.39 is 0 Å². The van der Waals surface area contributed by atoms with E-state index in [9.17, 15) is 9.59 Å². The molecule has 0 saturated heterocycles. The van der Waals surface area contributed by atoms with E-state index in [0.29, 0.717) is 33.1 Å². The van der Waals surface area contributed by atoms with Crippen LogP contribution in [-0.2, 0) is 0 Å². The second kappa shape index (κ2) is 8.92. The van der Waals surface area contributed by atoms with Gasteiger partial charge in [-0.3, -0.25) is 9.59 Å². The first kappa shape index (κ1) is 20.4. The molecule has 1 aliphatic carbocycles. The lowest BCUT2D eigenvalue weighted by atomic mass is 9.97. The molecule has 0 aliphatic heterocycles. The van der Waals surface area contributed by atoms with Crippen LogP contribution in [0.15, 0.2) is 65.0 Å². The lowest BCUT2D eigenvalue weighted by molar-refractivity contribution is 0.0954. The minimum atomic E-state index is -0.189. The minimum absolute atomic E-state index is 0.0737. The molecule has 8 heteroatoms. The third-order valence-electron chi connectivity index (χ3n) is 5.62. The summed E-state index contributed by atoms with van der Waals surface area (Å²) in [7, 11) is 0. The van der Waals surface area contributed by atoms with Gasteiger partial charge in [0.25, 0.3) is 11.5 Å². The highest BCUT2D eigenvalue weighted by molar-refractivity contribution is 7.20. The van der Waals surface area contributed by atoms with Crippen molar-refractivity contribution < 1.29 is 4.79 Å². The van der Waals surface area contributed by atoms with E-state index in [2.05, 4.69) is 26.8 Å². The van der Waals surface area contributed by atoms with Gasteiger partial charge in [0.1, 0.15) is 0 Å². The number of benzene rings is 2. The molecule has 162 valence electrons. The molecule has 0 spiro atoms. The van der Waals surface area contributed by atoms with E-state index in [-0.39, 0.29) is 11.5 Å². The van der Waals surface area contributed by atoms with Crippen LogP contribution >= 0.6 is 11.3 Å². The van der Waals surface area contributed by atoms with E-state index in [4.69, 9.17) is 0 Å². The fourth-order valence-corrected chi connectivity index (χ4v) is 4.72. The molecule has 0 radical (unpaired) electrons. The fourth-order valence-electron chi connectivity index (χ4n) is 3.90. The maximum absolute atomic E-state index is 12.7. The van der Waals surface area contributed by atoms with Gasteiger partial charge in [-0.05, 0) is 68.5 Å². The Morgan fingerprint density at radius 2 is 1.94 bits per heavy atom. The maximum atomic E-state index is 12.7. The summed E-state index contributed by atoms with van der Waals surface area (Å²) in [6.07, 6.45) is 8.07. The summed E-state index contributed by atoms with van der Waals surface area (Å²) in [6.45, 7) is 0.659. The van der Waals surface area contributed by atoms with Crippen LogP contribution in [0.25, 0.3) is 15.9 Å². The van der Waals surface area contributed by atoms with Gasteiger partial charge >= 0.3 is 0 Å². The van der Waals surface area contributed by atoms with E-state index in [1.54, 1.807) is 18.2 Å². The zero-order valence-electron chi connectivity index (χ0n) is 17.5. The molecule has 5 rings (SSSR count). The first-order valence-electron chi connectivity index (χ1n) is 10.8. The molecule has 0 saturated carbocycles. The number of amides is 1. The van der Waals surface area contributed by atoms with Crippen LogP contribution in [0.2, 0.25) is 0 Å². The number of hydrogen-bond acceptors (Lipinski definition) is 6. The molecule has 2 N–H and O–H groups in total. The Kier molecular flexibility index (Phi) is 5.68. The zero-order chi connectivity index (χ0) is 21.9. The minimum Gasteiger partial charge on any atom is -0.352 e. The highest BCUT2D eigenvalue weighted by atomic mass is 32.1. The van der Waals surface area contributed by atoms with Gasteiger partial charge in [0.15, 0.2) is 0 Å². The summed E-state index contributed by atoms with van der Waals surface area (Å²) in [5.74, 6) is -0.0737. The summed E-state index contributed by atoms with van der Waals surface area (Å²) in [6, 6.07) is 14.5. The molecular weight excluding hydrogens is 422 g/mol. The van der Waals surface area contributed by atoms with Crippen LogP contribution in [0, 0.1) is 0 Å². The standard InChI is InChI=1S/C24H23N5O2S/c30-21(25-15-14-16-6-2-1-3-7-16)17-10-12-18(13-11-17)26-23-28-29-22(31)19-8-4-5-9-20(19)27-24(29)32-23/h4-6,8-13H,1-3,7,14-15H2,(H,25,30)(H,26,28). The number of anilines is 2. The first-order chi connectivity index (χ1) is 15.7. The summed E-state index contributed by atoms with van der Waals surface area (Å²) in [5.41, 5.74) is 3.31. The Morgan fingerprint density at radius 1 is 1.09 bits per heavy atom. The van der Waals surface area contributed by atoms with Gasteiger partial charge < -0.3 is 10.6 Å². The van der Waals surface area contributed by atoms with Crippen LogP contribution in [0.1, 0.15) is 42.5 Å². The van der Waals surface area contributed by atoms with Crippen molar-refractivity contribution in [1.82, 2.24) is 19.9 Å². The predicted molar refractivity (Wildman–Crippen MR) is 128 cm³/mol. The Hall–Kier alpha value is -3.52. The second-order valence-electron chi connectivity index (χ2n) is 7.85. The number of allylic oxidation sites excluding steroid dienone is 1. The Morgan fingerprint density at radius 3 is 2.75 bits per heavy atom. The van der Waals surface area contributed by atoms with Gasteiger partial charge in [-0.1, -0.05) is 35.1 Å². The Labute approximate surface area is 188 Å². The third kappa shape index (κ3) is 4.27. The molecule has 0 atom stereocenters. The Bertz CT molecular complexity index is 1370. The topological polar surface area (TPSA) is 88.4 Å². The number of nitrogens with one attached hydrogen (secondary N) is 2. The van der Waals surface area contributed by atoms with E-state index in [1.165, 1.54) is 34.3 Å². The van der Waals surface area contributed by atoms with Crippen LogP contribution in [0.3, 0.4) is 0 Å². The maximum Gasteiger partial charge on any atom is 0.283 e. The van der Waals surface area contributed by atoms with Crippen molar-refractivity contribution >= 4 is 43.9 Å². The predicted octanol–water partition coefficient (Wildman–Crippen LogP) is 4.67. The fraction of sp³-hybridized carbons (Fsp3) is 0.250. The molecular formula is C24H23N5O2S. The lowest BCUT2D eigenvalue weighted by Crippen LogP contribution is -2.24. The summed E-state index contributed by atoms with van der Waals surface area (Å²) >= 11 is 1.30. The smallest absolute Gasteiger partial charge is 0.283 e. The number of rotatable bonds is 6. The summed E-state index contributed by atoms with van der Waals surface area (Å²) in [4.78, 5) is 30.1. The molecule has 1 aliphatic rings. The molecule has 2 aromatic heterocycles. The average Bonchev–Trinajstić information content (AvgIpc) is 3.23. The van der Waals surface area contributed by atoms with Gasteiger partial charge in [-0.15, -0.1) is 5.10 Å². The van der Waals surface area contributed by atoms with Crippen molar-refractivity contribution in [2.24, 2.45) is 0 Å². The number of carbonyl (C=O) groups is 1. The summed E-state index contributed by atoms with van der Waals surface area (Å²) in [5, 5.41) is 11.7. The van der Waals surface area contributed by atoms with Crippen molar-refractivity contribution in [3.05, 3.63) is 76.1 Å². The van der Waals surface area contributed by atoms with E-state index in [0.717, 1.165) is 24.9 Å². The number of carbonyl (C=O) groups excluding carboxylic acids is 1. The number of fused-ring (bicyclic) bond motifs is 2. The number of para-hydroxylation sites is 1. The molecule has 32 heavy (non-hydrogen) atoms. The van der Waals surface area contributed by atoms with Gasteiger partial charge in [-0.2, -0.15) is 4.52 Å². The van der Waals surface area contributed by atoms with E-state index in [1.807, 2.05) is 30.3 Å². The molecule has 4 aromatic rings. The highest BCUT2D eigenvalue weighted by Gasteiger charge is 2.11. The SMILES string of the molecule is O=C(NCCC1=CCCCC1)c1ccc(Nc2nn3c(=O)c4ccccc4nc3s2)cc1. The number of hydrogen-bond donors (Lipinski definition) is 2. The molecule has 1 amide bonds. The normalized spacial score (nSPS) is 13.8. The molecule has 2 aromatic carbocycles. The monoisotopic (exact) mass is 445 g/mol. The van der Waals surface area contributed by atoms with Gasteiger partial charge in [0, 0.05) is 17.8 Å². The van der Waals surface area contributed by atoms with Gasteiger partial charge in [-0.25, -0.2) is 4.98 Å². The van der Waals surface area contributed by atoms with Crippen LogP contribution in [0.5, 0.6) is 0 Å². The first-order valence-corrected chi connectivity index (χ1v) is 11.6. The second-order valence-corrected chi connectivity index (χ2v) is 8.81. The number of nitrogens with zero attached hydrogens (tertiary/aromatic N) is 3. The molecule has 2 heterocycles. The van der Waals surface area contributed by atoms with Gasteiger partial charge in [0.2, 0.25) is 10.1 Å². The molecule has 7 nitrogen and oxygen atoms in total. The van der Waals surface area contributed by atoms with Crippen molar-refractivity contribution in [3.63, 3.8) is 0 Å². The lowest BCUT2D eigenvalue weighted by Gasteiger charge is -2.13. The van der Waals surface area contributed by atoms with E-state index >= 15 is 0 Å². The van der Waals surface area contributed by atoms with Crippen molar-refractivity contribution in [2.75, 3.05) is 11.9 Å². The van der Waals surface area contributed by atoms with Crippen LogP contribution in [-0.4, -0.2) is 27.0 Å². The van der Waals surface area contributed by atoms with Crippen LogP contribution < -0.4 is 16.2 Å². The largest absolute Gasteiger partial charge is 0.352 e. The molecule has 0 bridgehead atoms.